The molecule has 1 aliphatic carbocycles. The summed E-state index contributed by atoms with van der Waals surface area (Å²) < 4.78 is 23.2. The first-order valence-corrected chi connectivity index (χ1v) is 15.1. The largest absolute Gasteiger partial charge is 0.497 e. The van der Waals surface area contributed by atoms with E-state index in [1.54, 1.807) is 37.3 Å². The highest BCUT2D eigenvalue weighted by molar-refractivity contribution is 14.1. The van der Waals surface area contributed by atoms with Gasteiger partial charge in [0.25, 0.3) is 0 Å². The Hall–Kier alpha value is -3.36. The molecule has 11 nitrogen and oxygen atoms in total. The van der Waals surface area contributed by atoms with Gasteiger partial charge in [0.05, 0.1) is 37.5 Å². The maximum absolute atomic E-state index is 13.5. The molecule has 0 unspecified atom stereocenters. The van der Waals surface area contributed by atoms with Gasteiger partial charge < -0.3 is 39.4 Å². The summed E-state index contributed by atoms with van der Waals surface area (Å²) >= 11 is 2.01. The van der Waals surface area contributed by atoms with Crippen LogP contribution in [0, 0.1) is 3.57 Å². The van der Waals surface area contributed by atoms with E-state index >= 15 is 0 Å². The van der Waals surface area contributed by atoms with Gasteiger partial charge in [-0.1, -0.05) is 6.92 Å². The summed E-state index contributed by atoms with van der Waals surface area (Å²) in [7, 11) is 4.58. The van der Waals surface area contributed by atoms with Gasteiger partial charge in [-0.15, -0.1) is 0 Å². The minimum Gasteiger partial charge on any atom is -0.497 e. The van der Waals surface area contributed by atoms with E-state index in [4.69, 9.17) is 18.9 Å². The Balaban J connectivity index is 2.02. The zero-order valence-electron chi connectivity index (χ0n) is 24.8. The lowest BCUT2D eigenvalue weighted by Gasteiger charge is -2.41. The molecule has 0 bridgehead atoms. The highest BCUT2D eigenvalue weighted by Crippen LogP contribution is 2.37. The van der Waals surface area contributed by atoms with Crippen molar-refractivity contribution in [1.82, 2.24) is 10.2 Å². The van der Waals surface area contributed by atoms with Crippen molar-refractivity contribution in [2.45, 2.75) is 50.9 Å². The molecule has 3 atom stereocenters. The number of halogens is 1. The molecule has 3 N–H and O–H groups in total. The smallest absolute Gasteiger partial charge is 0.247 e. The average Bonchev–Trinajstić information content (AvgIpc) is 3.01. The van der Waals surface area contributed by atoms with E-state index in [1.165, 1.54) is 19.3 Å². The van der Waals surface area contributed by atoms with Crippen molar-refractivity contribution in [3.05, 3.63) is 56.7 Å². The van der Waals surface area contributed by atoms with E-state index in [2.05, 4.69) is 5.32 Å². The fourth-order valence-electron chi connectivity index (χ4n) is 4.99. The standard InChI is InChI=1S/C31H39IN2O9/c1-5-6-28(37)34(11-9-20-15-22(40-2)7-8-25(20)41-3)24-16-21(31(39)33-10-12-35)17-26(29(24)38)43-30-23(32)13-19(18-36)14-27(30)42-4/h7-8,13-15,17-18,24,26,29,35,38H,5-6,9-12,16H2,1-4H3,(H,33,39)/t24-,26+,29+/m1/s1. The van der Waals surface area contributed by atoms with Gasteiger partial charge >= 0.3 is 0 Å². The summed E-state index contributed by atoms with van der Waals surface area (Å²) in [6.07, 6.45) is 1.29. The number of carbonyl (C=O) groups is 3. The normalized spacial score (nSPS) is 17.8. The summed E-state index contributed by atoms with van der Waals surface area (Å²) in [6, 6.07) is 7.76. The summed E-state index contributed by atoms with van der Waals surface area (Å²) in [5.41, 5.74) is 1.51. The number of methoxy groups -OCH3 is 3. The van der Waals surface area contributed by atoms with Crippen LogP contribution in [0.2, 0.25) is 0 Å². The number of nitrogens with one attached hydrogen (secondary N) is 1. The predicted molar refractivity (Wildman–Crippen MR) is 168 cm³/mol. The first-order valence-electron chi connectivity index (χ1n) is 14.0. The van der Waals surface area contributed by atoms with E-state index in [-0.39, 0.29) is 49.9 Å². The number of carbonyl (C=O) groups excluding carboxylic acids is 3. The van der Waals surface area contributed by atoms with Gasteiger partial charge in [0.1, 0.15) is 30.0 Å². The summed E-state index contributed by atoms with van der Waals surface area (Å²) in [5, 5.41) is 23.6. The van der Waals surface area contributed by atoms with E-state index < -0.39 is 24.2 Å². The van der Waals surface area contributed by atoms with E-state index in [9.17, 15) is 24.6 Å². The van der Waals surface area contributed by atoms with Crippen LogP contribution in [0.4, 0.5) is 0 Å². The molecule has 1 aliphatic rings. The van der Waals surface area contributed by atoms with Gasteiger partial charge in [-0.25, -0.2) is 0 Å². The molecule has 0 heterocycles. The Morgan fingerprint density at radius 1 is 1.12 bits per heavy atom. The van der Waals surface area contributed by atoms with Gasteiger partial charge in [0, 0.05) is 37.1 Å². The topological polar surface area (TPSA) is 144 Å². The van der Waals surface area contributed by atoms with Crippen LogP contribution < -0.4 is 24.3 Å². The average molecular weight is 711 g/mol. The second kappa shape index (κ2) is 16.5. The van der Waals surface area contributed by atoms with Crippen LogP contribution in [-0.2, 0) is 16.0 Å². The van der Waals surface area contributed by atoms with Crippen LogP contribution in [0.5, 0.6) is 23.0 Å². The number of nitrogens with zero attached hydrogens (tertiary/aromatic N) is 1. The van der Waals surface area contributed by atoms with Crippen LogP contribution in [0.15, 0.2) is 42.0 Å². The first kappa shape index (κ1) is 34.1. The van der Waals surface area contributed by atoms with Gasteiger partial charge in [0.15, 0.2) is 11.5 Å². The van der Waals surface area contributed by atoms with Gasteiger partial charge in [-0.05, 0) is 77.4 Å². The van der Waals surface area contributed by atoms with E-state index in [1.807, 2.05) is 35.6 Å². The molecule has 2 aromatic carbocycles. The lowest BCUT2D eigenvalue weighted by molar-refractivity contribution is -0.138. The zero-order chi connectivity index (χ0) is 31.5. The molecule has 2 aromatic rings. The molecule has 43 heavy (non-hydrogen) atoms. The Bertz CT molecular complexity index is 1320. The zero-order valence-corrected chi connectivity index (χ0v) is 27.0. The number of aliphatic hydroxyl groups is 2. The minimum absolute atomic E-state index is 0.0436. The molecule has 0 saturated carbocycles. The maximum Gasteiger partial charge on any atom is 0.247 e. The first-order chi connectivity index (χ1) is 20.7. The number of ether oxygens (including phenoxy) is 4. The van der Waals surface area contributed by atoms with Crippen molar-refractivity contribution in [2.24, 2.45) is 0 Å². The van der Waals surface area contributed by atoms with Gasteiger partial charge in [0.2, 0.25) is 11.8 Å². The third-order valence-corrected chi connectivity index (χ3v) is 7.95. The number of hydrogen-bond acceptors (Lipinski definition) is 9. The lowest BCUT2D eigenvalue weighted by atomic mass is 9.87. The highest BCUT2D eigenvalue weighted by atomic mass is 127. The van der Waals surface area contributed by atoms with Crippen LogP contribution in [0.3, 0.4) is 0 Å². The molecule has 2 amide bonds. The van der Waals surface area contributed by atoms with E-state index in [0.717, 1.165) is 5.56 Å². The molecule has 234 valence electrons. The molecule has 0 fully saturated rings. The molecule has 0 aromatic heterocycles. The minimum atomic E-state index is -1.21. The molecule has 3 rings (SSSR count). The van der Waals surface area contributed by atoms with Crippen molar-refractivity contribution in [3.63, 3.8) is 0 Å². The second-order valence-electron chi connectivity index (χ2n) is 9.93. The fourth-order valence-corrected chi connectivity index (χ4v) is 5.74. The Labute approximate surface area is 265 Å². The molecular weight excluding hydrogens is 671 g/mol. The number of benzene rings is 2. The molecule has 12 heteroatoms. The summed E-state index contributed by atoms with van der Waals surface area (Å²) in [4.78, 5) is 39.6. The number of rotatable bonds is 15. The van der Waals surface area contributed by atoms with Crippen LogP contribution in [-0.4, -0.2) is 92.5 Å². The predicted octanol–water partition coefficient (Wildman–Crippen LogP) is 2.92. The Kier molecular flexibility index (Phi) is 13.1. The highest BCUT2D eigenvalue weighted by Gasteiger charge is 2.40. The van der Waals surface area contributed by atoms with Crippen LogP contribution >= 0.6 is 22.6 Å². The molecule has 0 saturated heterocycles. The molecular formula is C31H39IN2O9. The lowest BCUT2D eigenvalue weighted by Crippen LogP contribution is -2.55. The Morgan fingerprint density at radius 2 is 1.86 bits per heavy atom. The third-order valence-electron chi connectivity index (χ3n) is 7.15. The SMILES string of the molecule is CCCC(=O)N(CCc1cc(OC)ccc1OC)[C@@H]1CC(C(=O)NCCO)=C[C@H](Oc2c(I)cc(C=O)cc2OC)[C@H]1O. The van der Waals surface area contributed by atoms with Gasteiger partial charge in [-0.3, -0.25) is 14.4 Å². The van der Waals surface area contributed by atoms with Crippen molar-refractivity contribution < 1.29 is 43.5 Å². The summed E-state index contributed by atoms with van der Waals surface area (Å²) in [5.74, 6) is 1.24. The van der Waals surface area contributed by atoms with Crippen molar-refractivity contribution in [1.29, 1.82) is 0 Å². The van der Waals surface area contributed by atoms with Crippen molar-refractivity contribution >= 4 is 40.7 Å². The number of amides is 2. The van der Waals surface area contributed by atoms with Gasteiger partial charge in [-0.2, -0.15) is 0 Å². The third kappa shape index (κ3) is 8.61. The number of hydrogen-bond donors (Lipinski definition) is 3. The second-order valence-corrected chi connectivity index (χ2v) is 11.1. The van der Waals surface area contributed by atoms with Crippen LogP contribution in [0.25, 0.3) is 0 Å². The number of aldehydes is 1. The summed E-state index contributed by atoms with van der Waals surface area (Å²) in [6.45, 7) is 1.93. The quantitative estimate of drug-likeness (QED) is 0.188. The van der Waals surface area contributed by atoms with Crippen LogP contribution in [0.1, 0.15) is 42.1 Å². The van der Waals surface area contributed by atoms with Crippen molar-refractivity contribution in [3.8, 4) is 23.0 Å². The number of aliphatic hydroxyl groups excluding tert-OH is 2. The fraction of sp³-hybridized carbons (Fsp3) is 0.452. The van der Waals surface area contributed by atoms with E-state index in [0.29, 0.717) is 45.3 Å². The van der Waals surface area contributed by atoms with Crippen molar-refractivity contribution in [2.75, 3.05) is 41.0 Å². The monoisotopic (exact) mass is 710 g/mol. The maximum atomic E-state index is 13.5. The molecule has 0 spiro atoms. The Morgan fingerprint density at radius 3 is 2.49 bits per heavy atom. The molecule has 0 aliphatic heterocycles. The molecule has 0 radical (unpaired) electrons.